The molecule has 2 aromatic rings. The van der Waals surface area contributed by atoms with Gasteiger partial charge in [0.05, 0.1) is 24.7 Å². The van der Waals surface area contributed by atoms with E-state index in [2.05, 4.69) is 15.3 Å². The summed E-state index contributed by atoms with van der Waals surface area (Å²) in [6, 6.07) is 1.72. The molecule has 2 aromatic heterocycles. The molecule has 0 aliphatic carbocycles. The van der Waals surface area contributed by atoms with Crippen molar-refractivity contribution in [2.45, 2.75) is 13.8 Å². The predicted molar refractivity (Wildman–Crippen MR) is 64.7 cm³/mol. The van der Waals surface area contributed by atoms with Crippen LogP contribution in [-0.2, 0) is 7.05 Å². The van der Waals surface area contributed by atoms with Crippen LogP contribution in [0.15, 0.2) is 12.3 Å². The van der Waals surface area contributed by atoms with Gasteiger partial charge in [-0.05, 0) is 19.9 Å². The topological polar surface area (TPSA) is 69.9 Å². The van der Waals surface area contributed by atoms with E-state index in [1.54, 1.807) is 27.0 Å². The zero-order valence-corrected chi connectivity index (χ0v) is 10.8. The van der Waals surface area contributed by atoms with Crippen LogP contribution in [0, 0.1) is 13.8 Å². The van der Waals surface area contributed by atoms with Gasteiger partial charge in [0.25, 0.3) is 0 Å². The monoisotopic (exact) mass is 246 g/mol. The lowest BCUT2D eigenvalue weighted by Gasteiger charge is -2.06. The maximum atomic E-state index is 12.5. The number of ketones is 1. The van der Waals surface area contributed by atoms with Gasteiger partial charge < -0.3 is 4.74 Å². The Morgan fingerprint density at radius 2 is 2.06 bits per heavy atom. The molecule has 0 spiro atoms. The minimum absolute atomic E-state index is 0.164. The first-order valence-corrected chi connectivity index (χ1v) is 5.46. The fourth-order valence-electron chi connectivity index (χ4n) is 1.73. The maximum Gasteiger partial charge on any atom is 0.216 e. The summed E-state index contributed by atoms with van der Waals surface area (Å²) >= 11 is 0. The third-order valence-electron chi connectivity index (χ3n) is 2.69. The van der Waals surface area contributed by atoms with E-state index in [-0.39, 0.29) is 5.78 Å². The molecule has 6 nitrogen and oxygen atoms in total. The fraction of sp³-hybridized carbons (Fsp3) is 0.333. The van der Waals surface area contributed by atoms with E-state index < -0.39 is 0 Å². The molecule has 6 heteroatoms. The second kappa shape index (κ2) is 4.56. The maximum absolute atomic E-state index is 12.5. The Morgan fingerprint density at radius 3 is 2.72 bits per heavy atom. The van der Waals surface area contributed by atoms with E-state index >= 15 is 0 Å². The molecule has 0 bridgehead atoms. The SMILES string of the molecule is COc1cnn(C)c1C(=O)c1cc(C)nnc1C. The average Bonchev–Trinajstić information content (AvgIpc) is 2.72. The van der Waals surface area contributed by atoms with Crippen molar-refractivity contribution in [1.82, 2.24) is 20.0 Å². The number of rotatable bonds is 3. The van der Waals surface area contributed by atoms with Gasteiger partial charge in [0.2, 0.25) is 5.78 Å². The van der Waals surface area contributed by atoms with Crippen molar-refractivity contribution in [2.24, 2.45) is 7.05 Å². The van der Waals surface area contributed by atoms with Crippen LogP contribution in [-0.4, -0.2) is 32.9 Å². The highest BCUT2D eigenvalue weighted by molar-refractivity contribution is 6.10. The summed E-state index contributed by atoms with van der Waals surface area (Å²) in [5.41, 5.74) is 2.22. The number of carbonyl (C=O) groups is 1. The molecule has 2 heterocycles. The Bertz CT molecular complexity index is 604. The van der Waals surface area contributed by atoms with E-state index in [1.165, 1.54) is 18.0 Å². The second-order valence-corrected chi connectivity index (χ2v) is 4.00. The number of nitrogens with zero attached hydrogens (tertiary/aromatic N) is 4. The Balaban J connectivity index is 2.54. The van der Waals surface area contributed by atoms with Crippen molar-refractivity contribution < 1.29 is 9.53 Å². The summed E-state index contributed by atoms with van der Waals surface area (Å²) in [7, 11) is 3.21. The fourth-order valence-corrected chi connectivity index (χ4v) is 1.73. The Kier molecular flexibility index (Phi) is 3.10. The Labute approximate surface area is 105 Å². The molecule has 0 unspecified atom stereocenters. The number of ether oxygens (including phenoxy) is 1. The van der Waals surface area contributed by atoms with E-state index in [0.717, 1.165) is 0 Å². The summed E-state index contributed by atoms with van der Waals surface area (Å²) in [4.78, 5) is 12.5. The molecule has 0 saturated heterocycles. The third-order valence-corrected chi connectivity index (χ3v) is 2.69. The second-order valence-electron chi connectivity index (χ2n) is 4.00. The van der Waals surface area contributed by atoms with Gasteiger partial charge in [0.15, 0.2) is 11.4 Å². The number of aryl methyl sites for hydroxylation is 3. The van der Waals surface area contributed by atoms with Crippen molar-refractivity contribution in [1.29, 1.82) is 0 Å². The first-order chi connectivity index (χ1) is 8.54. The zero-order chi connectivity index (χ0) is 13.3. The highest BCUT2D eigenvalue weighted by atomic mass is 16.5. The largest absolute Gasteiger partial charge is 0.493 e. The molecule has 0 saturated carbocycles. The van der Waals surface area contributed by atoms with Crippen molar-refractivity contribution >= 4 is 5.78 Å². The van der Waals surface area contributed by atoms with Crippen LogP contribution in [0.25, 0.3) is 0 Å². The van der Waals surface area contributed by atoms with E-state index in [4.69, 9.17) is 4.74 Å². The molecule has 0 fully saturated rings. The van der Waals surface area contributed by atoms with Crippen LogP contribution >= 0.6 is 0 Å². The number of hydrogen-bond acceptors (Lipinski definition) is 5. The molecule has 0 aliphatic heterocycles. The molecule has 94 valence electrons. The van der Waals surface area contributed by atoms with Gasteiger partial charge in [0, 0.05) is 12.6 Å². The van der Waals surface area contributed by atoms with Crippen molar-refractivity contribution in [3.8, 4) is 5.75 Å². The Morgan fingerprint density at radius 1 is 1.33 bits per heavy atom. The molecule has 0 atom stereocenters. The summed E-state index contributed by atoms with van der Waals surface area (Å²) in [6.07, 6.45) is 1.52. The summed E-state index contributed by atoms with van der Waals surface area (Å²) in [5.74, 6) is 0.290. The van der Waals surface area contributed by atoms with Gasteiger partial charge in [0.1, 0.15) is 0 Å². The highest BCUT2D eigenvalue weighted by Gasteiger charge is 2.21. The van der Waals surface area contributed by atoms with Gasteiger partial charge in [-0.25, -0.2) is 0 Å². The summed E-state index contributed by atoms with van der Waals surface area (Å²) < 4.78 is 6.64. The van der Waals surface area contributed by atoms with Crippen LogP contribution in [0.3, 0.4) is 0 Å². The number of hydrogen-bond donors (Lipinski definition) is 0. The number of aromatic nitrogens is 4. The zero-order valence-electron chi connectivity index (χ0n) is 10.8. The van der Waals surface area contributed by atoms with Crippen molar-refractivity contribution in [3.63, 3.8) is 0 Å². The van der Waals surface area contributed by atoms with Crippen LogP contribution in [0.5, 0.6) is 5.75 Å². The predicted octanol–water partition coefficient (Wildman–Crippen LogP) is 1.07. The number of carbonyl (C=O) groups excluding carboxylic acids is 1. The highest BCUT2D eigenvalue weighted by Crippen LogP contribution is 2.21. The number of methoxy groups -OCH3 is 1. The van der Waals surface area contributed by atoms with Crippen molar-refractivity contribution in [2.75, 3.05) is 7.11 Å². The molecule has 18 heavy (non-hydrogen) atoms. The molecule has 0 aromatic carbocycles. The van der Waals surface area contributed by atoms with Gasteiger partial charge >= 0.3 is 0 Å². The molecule has 0 radical (unpaired) electrons. The van der Waals surface area contributed by atoms with Crippen LogP contribution in [0.2, 0.25) is 0 Å². The first-order valence-electron chi connectivity index (χ1n) is 5.46. The normalized spacial score (nSPS) is 10.4. The van der Waals surface area contributed by atoms with Gasteiger partial charge in [-0.3, -0.25) is 9.48 Å². The molecular formula is C12H14N4O2. The lowest BCUT2D eigenvalue weighted by Crippen LogP contribution is -2.12. The smallest absolute Gasteiger partial charge is 0.216 e. The minimum Gasteiger partial charge on any atom is -0.493 e. The Hall–Kier alpha value is -2.24. The summed E-state index contributed by atoms with van der Waals surface area (Å²) in [5, 5.41) is 11.9. The standard InChI is InChI=1S/C12H14N4O2/c1-7-5-9(8(2)15-14-7)12(17)11-10(18-4)6-13-16(11)3/h5-6H,1-4H3. The van der Waals surface area contributed by atoms with Crippen LogP contribution < -0.4 is 4.74 Å². The van der Waals surface area contributed by atoms with Crippen molar-refractivity contribution in [3.05, 3.63) is 34.9 Å². The van der Waals surface area contributed by atoms with Crippen LogP contribution in [0.4, 0.5) is 0 Å². The average molecular weight is 246 g/mol. The van der Waals surface area contributed by atoms with Gasteiger partial charge in [-0.15, -0.1) is 0 Å². The third kappa shape index (κ3) is 1.97. The molecule has 0 N–H and O–H groups in total. The molecule has 0 aliphatic rings. The van der Waals surface area contributed by atoms with Crippen LogP contribution in [0.1, 0.15) is 27.4 Å². The van der Waals surface area contributed by atoms with E-state index in [1.807, 2.05) is 0 Å². The molecule has 2 rings (SSSR count). The summed E-state index contributed by atoms with van der Waals surface area (Å²) in [6.45, 7) is 3.55. The van der Waals surface area contributed by atoms with Gasteiger partial charge in [-0.1, -0.05) is 0 Å². The van der Waals surface area contributed by atoms with Gasteiger partial charge in [-0.2, -0.15) is 15.3 Å². The van der Waals surface area contributed by atoms with E-state index in [0.29, 0.717) is 28.4 Å². The quantitative estimate of drug-likeness (QED) is 0.757. The lowest BCUT2D eigenvalue weighted by atomic mass is 10.1. The molecular weight excluding hydrogens is 232 g/mol. The first kappa shape index (κ1) is 12.2. The molecule has 0 amide bonds. The van der Waals surface area contributed by atoms with E-state index in [9.17, 15) is 4.79 Å². The lowest BCUT2D eigenvalue weighted by molar-refractivity contribution is 0.102. The minimum atomic E-state index is -0.164.